The van der Waals surface area contributed by atoms with Crippen molar-refractivity contribution >= 4 is 11.9 Å². The second kappa shape index (κ2) is 5.50. The van der Waals surface area contributed by atoms with Crippen molar-refractivity contribution < 1.29 is 14.3 Å². The number of esters is 1. The highest BCUT2D eigenvalue weighted by Crippen LogP contribution is 2.27. The summed E-state index contributed by atoms with van der Waals surface area (Å²) in [4.78, 5) is 30.5. The maximum atomic E-state index is 12.6. The van der Waals surface area contributed by atoms with Crippen LogP contribution in [0.25, 0.3) is 0 Å². The van der Waals surface area contributed by atoms with Crippen LogP contribution in [0.4, 0.5) is 0 Å². The predicted octanol–water partition coefficient (Wildman–Crippen LogP) is 1.28. The standard InChI is InChI=1S/C15H23N3O3/c1-15(2,3)7-13(19)18-8-12-10(16-9-17(12)4)6-11(18)14(20)21-5/h9,11H,6-8H2,1-5H3/t11-/m0/s1. The minimum absolute atomic E-state index is 0.0234. The molecular weight excluding hydrogens is 270 g/mol. The first kappa shape index (κ1) is 15.5. The van der Waals surface area contributed by atoms with Crippen LogP contribution in [0.2, 0.25) is 0 Å². The van der Waals surface area contributed by atoms with Crippen LogP contribution < -0.4 is 0 Å². The van der Waals surface area contributed by atoms with E-state index in [0.29, 0.717) is 19.4 Å². The van der Waals surface area contributed by atoms with Gasteiger partial charge in [0.05, 0.1) is 31.4 Å². The zero-order chi connectivity index (χ0) is 15.8. The average molecular weight is 293 g/mol. The lowest BCUT2D eigenvalue weighted by molar-refractivity contribution is -0.154. The van der Waals surface area contributed by atoms with E-state index in [0.717, 1.165) is 11.4 Å². The van der Waals surface area contributed by atoms with E-state index in [4.69, 9.17) is 4.74 Å². The van der Waals surface area contributed by atoms with Crippen molar-refractivity contribution in [3.63, 3.8) is 0 Å². The van der Waals surface area contributed by atoms with Crippen molar-refractivity contribution in [1.82, 2.24) is 14.5 Å². The van der Waals surface area contributed by atoms with Gasteiger partial charge < -0.3 is 14.2 Å². The van der Waals surface area contributed by atoms with Crippen molar-refractivity contribution in [2.45, 2.75) is 46.2 Å². The second-order valence-corrected chi connectivity index (χ2v) is 6.75. The summed E-state index contributed by atoms with van der Waals surface area (Å²) in [7, 11) is 3.25. The molecule has 0 radical (unpaired) electrons. The molecule has 1 aromatic rings. The Labute approximate surface area is 125 Å². The SMILES string of the molecule is COC(=O)[C@@H]1Cc2ncn(C)c2CN1C(=O)CC(C)(C)C. The Balaban J connectivity index is 2.29. The molecule has 0 spiro atoms. The van der Waals surface area contributed by atoms with Crippen molar-refractivity contribution in [3.8, 4) is 0 Å². The lowest BCUT2D eigenvalue weighted by Gasteiger charge is -2.35. The van der Waals surface area contributed by atoms with Crippen molar-refractivity contribution in [2.24, 2.45) is 12.5 Å². The Kier molecular flexibility index (Phi) is 4.07. The van der Waals surface area contributed by atoms with E-state index in [9.17, 15) is 9.59 Å². The van der Waals surface area contributed by atoms with E-state index in [1.54, 1.807) is 11.2 Å². The molecule has 0 fully saturated rings. The van der Waals surface area contributed by atoms with Gasteiger partial charge in [0, 0.05) is 19.9 Å². The normalized spacial score (nSPS) is 18.3. The summed E-state index contributed by atoms with van der Waals surface area (Å²) >= 11 is 0. The van der Waals surface area contributed by atoms with Gasteiger partial charge in [0.25, 0.3) is 0 Å². The van der Waals surface area contributed by atoms with Gasteiger partial charge in [-0.3, -0.25) is 4.79 Å². The third kappa shape index (κ3) is 3.25. The van der Waals surface area contributed by atoms with E-state index in [1.165, 1.54) is 7.11 Å². The fraction of sp³-hybridized carbons (Fsp3) is 0.667. The molecule has 0 bridgehead atoms. The van der Waals surface area contributed by atoms with E-state index >= 15 is 0 Å². The summed E-state index contributed by atoms with van der Waals surface area (Å²) in [6.07, 6.45) is 2.53. The number of carbonyl (C=O) groups excluding carboxylic acids is 2. The van der Waals surface area contributed by atoms with Crippen molar-refractivity contribution in [2.75, 3.05) is 7.11 Å². The fourth-order valence-corrected chi connectivity index (χ4v) is 2.61. The van der Waals surface area contributed by atoms with E-state index in [-0.39, 0.29) is 17.3 Å². The lowest BCUT2D eigenvalue weighted by atomic mass is 9.90. The first-order chi connectivity index (χ1) is 9.73. The summed E-state index contributed by atoms with van der Waals surface area (Å²) < 4.78 is 6.76. The van der Waals surface area contributed by atoms with Crippen LogP contribution >= 0.6 is 0 Å². The Morgan fingerprint density at radius 3 is 2.67 bits per heavy atom. The first-order valence-electron chi connectivity index (χ1n) is 7.09. The number of fused-ring (bicyclic) bond motifs is 1. The number of hydrogen-bond acceptors (Lipinski definition) is 4. The van der Waals surface area contributed by atoms with Gasteiger partial charge in [-0.25, -0.2) is 9.78 Å². The molecule has 0 aromatic carbocycles. The Morgan fingerprint density at radius 1 is 1.43 bits per heavy atom. The predicted molar refractivity (Wildman–Crippen MR) is 77.3 cm³/mol. The zero-order valence-corrected chi connectivity index (χ0v) is 13.3. The molecule has 0 saturated heterocycles. The molecule has 1 aliphatic rings. The summed E-state index contributed by atoms with van der Waals surface area (Å²) in [6.45, 7) is 6.44. The Bertz CT molecular complexity index is 557. The van der Waals surface area contributed by atoms with Crippen molar-refractivity contribution in [1.29, 1.82) is 0 Å². The molecule has 0 saturated carbocycles. The first-order valence-corrected chi connectivity index (χ1v) is 7.09. The Hall–Kier alpha value is -1.85. The molecule has 6 nitrogen and oxygen atoms in total. The number of carbonyl (C=O) groups is 2. The summed E-state index contributed by atoms with van der Waals surface area (Å²) in [5.74, 6) is -0.404. The minimum atomic E-state index is -0.577. The van der Waals surface area contributed by atoms with E-state index in [1.807, 2.05) is 32.4 Å². The van der Waals surface area contributed by atoms with Gasteiger partial charge in [-0.05, 0) is 5.41 Å². The van der Waals surface area contributed by atoms with Gasteiger partial charge in [0.2, 0.25) is 5.91 Å². The van der Waals surface area contributed by atoms with Crippen LogP contribution in [-0.2, 0) is 34.3 Å². The fourth-order valence-electron chi connectivity index (χ4n) is 2.61. The molecule has 1 amide bonds. The Morgan fingerprint density at radius 2 is 2.10 bits per heavy atom. The molecule has 6 heteroatoms. The highest BCUT2D eigenvalue weighted by Gasteiger charge is 2.38. The van der Waals surface area contributed by atoms with Gasteiger partial charge in [-0.2, -0.15) is 0 Å². The third-order valence-electron chi connectivity index (χ3n) is 3.70. The molecule has 0 aliphatic carbocycles. The van der Waals surface area contributed by atoms with E-state index < -0.39 is 6.04 Å². The summed E-state index contributed by atoms with van der Waals surface area (Å²) in [5.41, 5.74) is 1.73. The largest absolute Gasteiger partial charge is 0.467 e. The molecule has 0 N–H and O–H groups in total. The topological polar surface area (TPSA) is 64.4 Å². The lowest BCUT2D eigenvalue weighted by Crippen LogP contribution is -2.50. The summed E-state index contributed by atoms with van der Waals surface area (Å²) in [5, 5.41) is 0. The quantitative estimate of drug-likeness (QED) is 0.771. The number of hydrogen-bond donors (Lipinski definition) is 0. The number of imidazole rings is 1. The number of ether oxygens (including phenoxy) is 1. The van der Waals surface area contributed by atoms with Gasteiger partial charge >= 0.3 is 5.97 Å². The molecule has 2 rings (SSSR count). The molecule has 116 valence electrons. The van der Waals surface area contributed by atoms with Crippen LogP contribution in [0.3, 0.4) is 0 Å². The summed E-state index contributed by atoms with van der Waals surface area (Å²) in [6, 6.07) is -0.577. The van der Waals surface area contributed by atoms with Crippen LogP contribution in [0.5, 0.6) is 0 Å². The van der Waals surface area contributed by atoms with Crippen LogP contribution in [0, 0.1) is 5.41 Å². The maximum absolute atomic E-state index is 12.6. The highest BCUT2D eigenvalue weighted by molar-refractivity contribution is 5.85. The zero-order valence-electron chi connectivity index (χ0n) is 13.3. The molecule has 0 unspecified atom stereocenters. The van der Waals surface area contributed by atoms with Gasteiger partial charge in [-0.15, -0.1) is 0 Å². The van der Waals surface area contributed by atoms with Crippen LogP contribution in [0.1, 0.15) is 38.6 Å². The molecule has 1 aliphatic heterocycles. The average Bonchev–Trinajstić information content (AvgIpc) is 2.75. The highest BCUT2D eigenvalue weighted by atomic mass is 16.5. The maximum Gasteiger partial charge on any atom is 0.329 e. The van der Waals surface area contributed by atoms with Crippen LogP contribution in [0.15, 0.2) is 6.33 Å². The van der Waals surface area contributed by atoms with Crippen molar-refractivity contribution in [3.05, 3.63) is 17.7 Å². The monoisotopic (exact) mass is 293 g/mol. The molecule has 2 heterocycles. The molecule has 21 heavy (non-hydrogen) atoms. The van der Waals surface area contributed by atoms with Crippen LogP contribution in [-0.4, -0.2) is 39.5 Å². The number of methoxy groups -OCH3 is 1. The number of amides is 1. The number of nitrogens with zero attached hydrogens (tertiary/aromatic N) is 3. The molecule has 1 aromatic heterocycles. The van der Waals surface area contributed by atoms with E-state index in [2.05, 4.69) is 4.98 Å². The number of rotatable bonds is 2. The number of aryl methyl sites for hydroxylation is 1. The molecular formula is C15H23N3O3. The minimum Gasteiger partial charge on any atom is -0.467 e. The number of aromatic nitrogens is 2. The van der Waals surface area contributed by atoms with Gasteiger partial charge in [-0.1, -0.05) is 20.8 Å². The van der Waals surface area contributed by atoms with Gasteiger partial charge in [0.15, 0.2) is 0 Å². The second-order valence-electron chi connectivity index (χ2n) is 6.75. The molecule has 1 atom stereocenters. The van der Waals surface area contributed by atoms with Gasteiger partial charge in [0.1, 0.15) is 6.04 Å². The smallest absolute Gasteiger partial charge is 0.329 e. The third-order valence-corrected chi connectivity index (χ3v) is 3.70.